The number of nitrogens with one attached hydrogen (secondary N) is 2. The van der Waals surface area contributed by atoms with Crippen LogP contribution in [0.15, 0.2) is 47.6 Å². The molecule has 0 bridgehead atoms. The molecule has 2 heterocycles. The summed E-state index contributed by atoms with van der Waals surface area (Å²) < 4.78 is 11.7. The van der Waals surface area contributed by atoms with Crippen molar-refractivity contribution >= 4 is 29.9 Å². The second-order valence-electron chi connectivity index (χ2n) is 7.56. The number of hydrogen-bond donors (Lipinski definition) is 2. The van der Waals surface area contributed by atoms with Gasteiger partial charge in [-0.05, 0) is 43.4 Å². The Balaban J connectivity index is 0.00000240. The zero-order valence-electron chi connectivity index (χ0n) is 17.0. The molecule has 1 saturated carbocycles. The number of guanidine groups is 1. The van der Waals surface area contributed by atoms with Crippen molar-refractivity contribution in [3.63, 3.8) is 0 Å². The van der Waals surface area contributed by atoms with E-state index in [4.69, 9.17) is 9.47 Å². The summed E-state index contributed by atoms with van der Waals surface area (Å²) in [5.74, 6) is 2.40. The van der Waals surface area contributed by atoms with Crippen molar-refractivity contribution in [1.29, 1.82) is 0 Å². The van der Waals surface area contributed by atoms with E-state index in [9.17, 15) is 0 Å². The second kappa shape index (κ2) is 9.65. The average Bonchev–Trinajstić information content (AvgIpc) is 3.18. The van der Waals surface area contributed by atoms with E-state index in [1.807, 2.05) is 18.2 Å². The van der Waals surface area contributed by atoms with Crippen molar-refractivity contribution in [2.75, 3.05) is 14.2 Å². The number of methoxy groups -OCH3 is 1. The highest BCUT2D eigenvalue weighted by atomic mass is 127. The average molecular weight is 508 g/mol. The Hall–Kier alpha value is -2.03. The van der Waals surface area contributed by atoms with E-state index in [-0.39, 0.29) is 35.6 Å². The lowest BCUT2D eigenvalue weighted by Crippen LogP contribution is -2.46. The van der Waals surface area contributed by atoms with E-state index in [0.717, 1.165) is 36.5 Å². The minimum absolute atomic E-state index is 0. The number of ether oxygens (including phenoxy) is 2. The number of aliphatic imine (C=N–C) groups is 1. The van der Waals surface area contributed by atoms with Crippen LogP contribution in [0.25, 0.3) is 0 Å². The molecule has 1 aliphatic carbocycles. The monoisotopic (exact) mass is 508 g/mol. The zero-order valence-corrected chi connectivity index (χ0v) is 19.3. The topological polar surface area (TPSA) is 67.8 Å². The first-order chi connectivity index (χ1) is 13.7. The lowest BCUT2D eigenvalue weighted by atomic mass is 9.86. The van der Waals surface area contributed by atoms with Crippen molar-refractivity contribution in [3.8, 4) is 11.6 Å². The maximum atomic E-state index is 6.46. The van der Waals surface area contributed by atoms with E-state index < -0.39 is 0 Å². The molecule has 1 aromatic heterocycles. The summed E-state index contributed by atoms with van der Waals surface area (Å²) in [7, 11) is 3.43. The fourth-order valence-corrected chi connectivity index (χ4v) is 4.29. The fourth-order valence-electron chi connectivity index (χ4n) is 4.29. The van der Waals surface area contributed by atoms with Crippen LogP contribution >= 0.6 is 24.0 Å². The number of nitrogens with zero attached hydrogens (tertiary/aromatic N) is 2. The fraction of sp³-hybridized carbons (Fsp3) is 0.455. The van der Waals surface area contributed by atoms with Crippen LogP contribution in [0.1, 0.15) is 49.3 Å². The molecule has 6 nitrogen and oxygen atoms in total. The Labute approximate surface area is 189 Å². The van der Waals surface area contributed by atoms with E-state index in [1.165, 1.54) is 18.4 Å². The Bertz CT molecular complexity index is 852. The molecule has 0 amide bonds. The predicted molar refractivity (Wildman–Crippen MR) is 125 cm³/mol. The van der Waals surface area contributed by atoms with Crippen LogP contribution < -0.4 is 20.1 Å². The highest BCUT2D eigenvalue weighted by Gasteiger charge is 2.43. The molecule has 1 spiro atoms. The number of aromatic nitrogens is 1. The molecule has 1 aromatic carbocycles. The van der Waals surface area contributed by atoms with Crippen molar-refractivity contribution < 1.29 is 9.47 Å². The summed E-state index contributed by atoms with van der Waals surface area (Å²) in [6.07, 6.45) is 7.46. The van der Waals surface area contributed by atoms with Crippen LogP contribution in [0.3, 0.4) is 0 Å². The molecule has 0 radical (unpaired) electrons. The molecule has 1 atom stereocenters. The normalized spacial score (nSPS) is 19.7. The van der Waals surface area contributed by atoms with Crippen molar-refractivity contribution in [2.24, 2.45) is 4.99 Å². The standard InChI is InChI=1S/C22H28N4O2.HI/c1-23-21(25-15-16-9-12-24-20(13-16)27-2)26-18-14-22(10-5-6-11-22)28-19-8-4-3-7-17(18)19;/h3-4,7-9,12-13,18H,5-6,10-11,14-15H2,1-2H3,(H2,23,25,26);1H. The van der Waals surface area contributed by atoms with Crippen LogP contribution in [0, 0.1) is 0 Å². The summed E-state index contributed by atoms with van der Waals surface area (Å²) in [5.41, 5.74) is 2.26. The SMILES string of the molecule is CN=C(NCc1ccnc(OC)c1)NC1CC2(CCCC2)Oc2ccccc21.I. The maximum absolute atomic E-state index is 6.46. The van der Waals surface area contributed by atoms with E-state index in [2.05, 4.69) is 38.8 Å². The molecular formula is C22H29IN4O2. The molecule has 156 valence electrons. The third kappa shape index (κ3) is 4.94. The van der Waals surface area contributed by atoms with Crippen LogP contribution in [0.4, 0.5) is 0 Å². The van der Waals surface area contributed by atoms with Gasteiger partial charge in [0.2, 0.25) is 5.88 Å². The molecular weight excluding hydrogens is 479 g/mol. The summed E-state index contributed by atoms with van der Waals surface area (Å²) >= 11 is 0. The molecule has 2 N–H and O–H groups in total. The summed E-state index contributed by atoms with van der Waals surface area (Å²) in [6.45, 7) is 0.647. The highest BCUT2D eigenvalue weighted by molar-refractivity contribution is 14.0. The molecule has 1 aliphatic heterocycles. The Kier molecular flexibility index (Phi) is 7.21. The molecule has 29 heavy (non-hydrogen) atoms. The molecule has 4 rings (SSSR count). The molecule has 0 saturated heterocycles. The number of benzene rings is 1. The van der Waals surface area contributed by atoms with Gasteiger partial charge in [0.05, 0.1) is 13.2 Å². The van der Waals surface area contributed by atoms with Crippen molar-refractivity contribution in [1.82, 2.24) is 15.6 Å². The van der Waals surface area contributed by atoms with Crippen molar-refractivity contribution in [3.05, 3.63) is 53.7 Å². The van der Waals surface area contributed by atoms with Gasteiger partial charge in [-0.25, -0.2) is 4.98 Å². The van der Waals surface area contributed by atoms with Crippen molar-refractivity contribution in [2.45, 2.75) is 50.3 Å². The van der Waals surface area contributed by atoms with E-state index in [0.29, 0.717) is 12.4 Å². The van der Waals surface area contributed by atoms with Gasteiger partial charge in [0.1, 0.15) is 11.4 Å². The molecule has 7 heteroatoms. The number of pyridine rings is 1. The molecule has 2 aliphatic rings. The van der Waals surface area contributed by atoms with Gasteiger partial charge in [0.15, 0.2) is 5.96 Å². The molecule has 2 aromatic rings. The predicted octanol–water partition coefficient (Wildman–Crippen LogP) is 4.21. The third-order valence-electron chi connectivity index (χ3n) is 5.71. The van der Waals surface area contributed by atoms with Crippen LogP contribution in [-0.2, 0) is 6.54 Å². The van der Waals surface area contributed by atoms with Gasteiger partial charge in [-0.3, -0.25) is 4.99 Å². The second-order valence-corrected chi connectivity index (χ2v) is 7.56. The summed E-state index contributed by atoms with van der Waals surface area (Å²) in [4.78, 5) is 8.59. The summed E-state index contributed by atoms with van der Waals surface area (Å²) in [5, 5.41) is 7.03. The van der Waals surface area contributed by atoms with Crippen LogP contribution in [0.2, 0.25) is 0 Å². The van der Waals surface area contributed by atoms with Gasteiger partial charge in [-0.1, -0.05) is 18.2 Å². The Morgan fingerprint density at radius 3 is 2.83 bits per heavy atom. The third-order valence-corrected chi connectivity index (χ3v) is 5.71. The first-order valence-corrected chi connectivity index (χ1v) is 9.95. The van der Waals surface area contributed by atoms with Gasteiger partial charge in [0, 0.05) is 37.8 Å². The minimum atomic E-state index is -0.0384. The van der Waals surface area contributed by atoms with Gasteiger partial charge in [-0.2, -0.15) is 0 Å². The van der Waals surface area contributed by atoms with E-state index in [1.54, 1.807) is 20.4 Å². The lowest BCUT2D eigenvalue weighted by molar-refractivity contribution is 0.0396. The lowest BCUT2D eigenvalue weighted by Gasteiger charge is -2.40. The number of fused-ring (bicyclic) bond motifs is 1. The first-order valence-electron chi connectivity index (χ1n) is 9.95. The largest absolute Gasteiger partial charge is 0.487 e. The van der Waals surface area contributed by atoms with Gasteiger partial charge in [-0.15, -0.1) is 24.0 Å². The minimum Gasteiger partial charge on any atom is -0.487 e. The first kappa shape index (κ1) is 21.7. The number of rotatable bonds is 4. The van der Waals surface area contributed by atoms with Gasteiger partial charge < -0.3 is 20.1 Å². The molecule has 1 fully saturated rings. The maximum Gasteiger partial charge on any atom is 0.213 e. The van der Waals surface area contributed by atoms with Crippen LogP contribution in [-0.4, -0.2) is 30.7 Å². The number of para-hydroxylation sites is 1. The number of hydrogen-bond acceptors (Lipinski definition) is 4. The summed E-state index contributed by atoms with van der Waals surface area (Å²) in [6, 6.07) is 12.4. The Morgan fingerprint density at radius 2 is 2.07 bits per heavy atom. The molecule has 1 unspecified atom stereocenters. The smallest absolute Gasteiger partial charge is 0.213 e. The van der Waals surface area contributed by atoms with E-state index >= 15 is 0 Å². The Morgan fingerprint density at radius 1 is 1.28 bits per heavy atom. The van der Waals surface area contributed by atoms with Gasteiger partial charge in [0.25, 0.3) is 0 Å². The quantitative estimate of drug-likeness (QED) is 0.368. The highest BCUT2D eigenvalue weighted by Crippen LogP contribution is 2.46. The number of halogens is 1. The van der Waals surface area contributed by atoms with Crippen LogP contribution in [0.5, 0.6) is 11.6 Å². The van der Waals surface area contributed by atoms with Gasteiger partial charge >= 0.3 is 0 Å². The zero-order chi connectivity index (χ0) is 19.4.